The molecule has 5 aliphatic rings. The maximum absolute atomic E-state index is 14.3. The summed E-state index contributed by atoms with van der Waals surface area (Å²) in [6.07, 6.45) is -3.86. The fourth-order valence-electron chi connectivity index (χ4n) is 8.57. The summed E-state index contributed by atoms with van der Waals surface area (Å²) >= 11 is 0. The van der Waals surface area contributed by atoms with E-state index in [0.29, 0.717) is 30.5 Å². The van der Waals surface area contributed by atoms with Gasteiger partial charge in [0.2, 0.25) is 6.10 Å². The zero-order valence-electron chi connectivity index (χ0n) is 32.6. The van der Waals surface area contributed by atoms with E-state index in [1.807, 2.05) is 13.1 Å². The lowest BCUT2D eigenvalue weighted by Crippen LogP contribution is -2.74. The Morgan fingerprint density at radius 3 is 2.20 bits per heavy atom. The summed E-state index contributed by atoms with van der Waals surface area (Å²) < 4.78 is 46.9. The predicted octanol–water partition coefficient (Wildman–Crippen LogP) is 4.97. The Balaban J connectivity index is 1.21. The molecule has 2 saturated heterocycles. The van der Waals surface area contributed by atoms with Crippen LogP contribution in [0.3, 0.4) is 0 Å². The van der Waals surface area contributed by atoms with E-state index in [-0.39, 0.29) is 29.7 Å². The zero-order chi connectivity index (χ0) is 39.9. The lowest BCUT2D eigenvalue weighted by atomic mass is 9.50. The van der Waals surface area contributed by atoms with Crippen LogP contribution in [-0.4, -0.2) is 94.6 Å². The first kappa shape index (κ1) is 38.8. The molecule has 0 saturated carbocycles. The molecule has 2 bridgehead atoms. The van der Waals surface area contributed by atoms with Crippen molar-refractivity contribution in [1.29, 1.82) is 0 Å². The van der Waals surface area contributed by atoms with E-state index in [1.54, 1.807) is 97.9 Å². The van der Waals surface area contributed by atoms with Gasteiger partial charge in [0.1, 0.15) is 17.0 Å². The van der Waals surface area contributed by atoms with Gasteiger partial charge in [-0.2, -0.15) is 0 Å². The molecule has 0 amide bonds. The number of hydrogen-bond acceptors (Lipinski definition) is 14. The third-order valence-corrected chi connectivity index (χ3v) is 10.7. The first-order valence-electron chi connectivity index (χ1n) is 18.5. The number of carbonyl (C=O) groups excluding carboxylic acids is 4. The van der Waals surface area contributed by atoms with Crippen LogP contribution in [0.25, 0.3) is 0 Å². The third-order valence-electron chi connectivity index (χ3n) is 10.7. The summed E-state index contributed by atoms with van der Waals surface area (Å²) in [6, 6.07) is 11.5. The number of rotatable bonds is 7. The highest BCUT2D eigenvalue weighted by Gasteiger charge is 2.72. The van der Waals surface area contributed by atoms with Gasteiger partial charge in [0.05, 0.1) is 11.0 Å². The summed E-state index contributed by atoms with van der Waals surface area (Å²) in [5.74, 6) is -3.68. The molecule has 14 heteroatoms. The standard InChI is InChI=1S/C41H49NO13/c1-37(2,3)54-35(45)31-30(52-39(7,8)53-31)34(44)51-28(22-13-11-10-12-14-22)33(43)48-25-17-18-41(47)26-21-23-15-16-24(49-36(46)55-38(4,5)6)29-27(23)40(41,32(25)50-29)19-20-42(26)9/h10-17,26,28,30-32,47H,18-21H2,1-9H3/t26-,28+,30-,31-,32+,40+,41-/m1/s1. The van der Waals surface area contributed by atoms with Crippen LogP contribution in [-0.2, 0) is 54.6 Å². The van der Waals surface area contributed by atoms with Crippen molar-refractivity contribution < 1.29 is 62.2 Å². The van der Waals surface area contributed by atoms with Crippen molar-refractivity contribution in [2.24, 2.45) is 0 Å². The Hall–Kier alpha value is -4.50. The molecule has 7 atom stereocenters. The van der Waals surface area contributed by atoms with Crippen LogP contribution in [0.1, 0.15) is 91.0 Å². The fourth-order valence-corrected chi connectivity index (χ4v) is 8.57. The summed E-state index contributed by atoms with van der Waals surface area (Å²) in [7, 11) is 1.97. The summed E-state index contributed by atoms with van der Waals surface area (Å²) in [5, 5.41) is 12.7. The van der Waals surface area contributed by atoms with Gasteiger partial charge in [-0.3, -0.25) is 0 Å². The number of benzene rings is 2. The van der Waals surface area contributed by atoms with E-state index in [4.69, 9.17) is 37.9 Å². The van der Waals surface area contributed by atoms with Gasteiger partial charge < -0.3 is 47.9 Å². The number of hydrogen-bond donors (Lipinski definition) is 1. The number of esters is 3. The van der Waals surface area contributed by atoms with E-state index in [9.17, 15) is 24.3 Å². The molecule has 296 valence electrons. The molecule has 3 aliphatic heterocycles. The first-order valence-corrected chi connectivity index (χ1v) is 18.5. The minimum absolute atomic E-state index is 0.107. The van der Waals surface area contributed by atoms with Crippen LogP contribution in [0, 0.1) is 0 Å². The molecule has 14 nitrogen and oxygen atoms in total. The molecule has 3 heterocycles. The highest BCUT2D eigenvalue weighted by atomic mass is 16.8. The smallest absolute Gasteiger partial charge is 0.477 e. The molecule has 1 N–H and O–H groups in total. The second-order valence-corrected chi connectivity index (χ2v) is 17.3. The van der Waals surface area contributed by atoms with Crippen LogP contribution >= 0.6 is 0 Å². The summed E-state index contributed by atoms with van der Waals surface area (Å²) in [4.78, 5) is 56.3. The van der Waals surface area contributed by atoms with Crippen LogP contribution in [0.5, 0.6) is 11.5 Å². The molecular weight excluding hydrogens is 714 g/mol. The molecule has 2 aromatic rings. The maximum Gasteiger partial charge on any atom is 0.514 e. The number of aliphatic hydroxyl groups is 1. The van der Waals surface area contributed by atoms with Gasteiger partial charge in [-0.1, -0.05) is 36.4 Å². The Morgan fingerprint density at radius 2 is 1.55 bits per heavy atom. The molecule has 2 fully saturated rings. The summed E-state index contributed by atoms with van der Waals surface area (Å²) in [5.41, 5.74) is -2.19. The highest BCUT2D eigenvalue weighted by molar-refractivity contribution is 5.88. The normalized spacial score (nSPS) is 29.5. The van der Waals surface area contributed by atoms with E-state index in [1.165, 1.54) is 0 Å². The monoisotopic (exact) mass is 763 g/mol. The number of likely N-dealkylation sites (tertiary alicyclic amines) is 1. The second-order valence-electron chi connectivity index (χ2n) is 17.3. The molecule has 55 heavy (non-hydrogen) atoms. The van der Waals surface area contributed by atoms with Crippen LogP contribution < -0.4 is 9.47 Å². The molecular formula is C41H49NO13. The SMILES string of the molecule is CN1CC[C@]23c4c5ccc(OC(=O)OC(C)(C)C)c4O[C@H]2C(OC(=O)[C@@H](OC(=O)[C@@H]2OC(C)(C)O[C@H]2C(=O)OC(C)(C)C)c2ccccc2)=CC[C@@]3(O)[C@H]1C5. The van der Waals surface area contributed by atoms with E-state index < -0.39 is 76.5 Å². The van der Waals surface area contributed by atoms with E-state index in [2.05, 4.69) is 4.90 Å². The number of ether oxygens (including phenoxy) is 8. The van der Waals surface area contributed by atoms with Crippen molar-refractivity contribution in [3.8, 4) is 11.5 Å². The van der Waals surface area contributed by atoms with Crippen molar-refractivity contribution >= 4 is 24.1 Å². The van der Waals surface area contributed by atoms with Gasteiger partial charge in [-0.15, -0.1) is 0 Å². The lowest BCUT2D eigenvalue weighted by molar-refractivity contribution is -0.184. The maximum atomic E-state index is 14.3. The highest BCUT2D eigenvalue weighted by Crippen LogP contribution is 2.65. The molecule has 1 spiro atoms. The van der Waals surface area contributed by atoms with E-state index >= 15 is 0 Å². The first-order chi connectivity index (χ1) is 25.6. The Morgan fingerprint density at radius 1 is 0.891 bits per heavy atom. The van der Waals surface area contributed by atoms with Crippen molar-refractivity contribution in [3.05, 3.63) is 71.0 Å². The lowest BCUT2D eigenvalue weighted by Gasteiger charge is -2.61. The number of piperidine rings is 1. The molecule has 2 aliphatic carbocycles. The van der Waals surface area contributed by atoms with E-state index in [0.717, 1.165) is 5.56 Å². The molecule has 0 unspecified atom stereocenters. The second kappa shape index (κ2) is 13.3. The van der Waals surface area contributed by atoms with Crippen LogP contribution in [0.2, 0.25) is 0 Å². The van der Waals surface area contributed by atoms with Gasteiger partial charge in [-0.25, -0.2) is 19.2 Å². The van der Waals surface area contributed by atoms with Crippen molar-refractivity contribution in [3.63, 3.8) is 0 Å². The average molecular weight is 764 g/mol. The Labute approximate surface area is 319 Å². The quantitative estimate of drug-likeness (QED) is 0.228. The average Bonchev–Trinajstić information content (AvgIpc) is 3.61. The zero-order valence-corrected chi connectivity index (χ0v) is 32.6. The summed E-state index contributed by atoms with van der Waals surface area (Å²) in [6.45, 7) is 13.9. The largest absolute Gasteiger partial charge is 0.514 e. The minimum Gasteiger partial charge on any atom is -0.477 e. The molecule has 7 rings (SSSR count). The van der Waals surface area contributed by atoms with Crippen molar-refractivity contribution in [2.45, 2.75) is 133 Å². The molecule has 0 radical (unpaired) electrons. The van der Waals surface area contributed by atoms with Crippen LogP contribution in [0.15, 0.2) is 54.3 Å². The third kappa shape index (κ3) is 6.87. The van der Waals surface area contributed by atoms with Crippen molar-refractivity contribution in [1.82, 2.24) is 4.90 Å². The molecule has 0 aromatic heterocycles. The van der Waals surface area contributed by atoms with Gasteiger partial charge in [0, 0.05) is 23.6 Å². The number of nitrogens with zero attached hydrogens (tertiary/aromatic N) is 1. The Bertz CT molecular complexity index is 1930. The van der Waals surface area contributed by atoms with Gasteiger partial charge in [-0.05, 0) is 99.5 Å². The molecule has 2 aromatic carbocycles. The fraction of sp³-hybridized carbons (Fsp3) is 0.561. The topological polar surface area (TPSA) is 166 Å². The van der Waals surface area contributed by atoms with Crippen molar-refractivity contribution in [2.75, 3.05) is 13.6 Å². The minimum atomic E-state index is -1.61. The Kier molecular flexibility index (Phi) is 9.39. The number of likely N-dealkylation sites (N-methyl/N-ethyl adjacent to an activating group) is 1. The number of carbonyl (C=O) groups is 4. The van der Waals surface area contributed by atoms with Gasteiger partial charge in [0.15, 0.2) is 35.6 Å². The predicted molar refractivity (Wildman–Crippen MR) is 193 cm³/mol. The van der Waals surface area contributed by atoms with Crippen LogP contribution in [0.4, 0.5) is 4.79 Å². The van der Waals surface area contributed by atoms with Gasteiger partial charge >= 0.3 is 24.1 Å². The van der Waals surface area contributed by atoms with Gasteiger partial charge in [0.25, 0.3) is 0 Å².